The van der Waals surface area contributed by atoms with Crippen molar-refractivity contribution in [2.75, 3.05) is 0 Å². The highest BCUT2D eigenvalue weighted by Gasteiger charge is 2.19. The lowest BCUT2D eigenvalue weighted by Gasteiger charge is -2.12. The van der Waals surface area contributed by atoms with Gasteiger partial charge < -0.3 is 9.13 Å². The molecule has 0 saturated carbocycles. The number of aromatic nitrogens is 4. The number of nitrogens with zero attached hydrogens (tertiary/aromatic N) is 4. The maximum atomic E-state index is 5.13. The molecule has 10 rings (SSSR count). The first kappa shape index (κ1) is 26.7. The average Bonchev–Trinajstić information content (AvgIpc) is 3.66. The van der Waals surface area contributed by atoms with Crippen molar-refractivity contribution in [3.05, 3.63) is 170 Å². The zero-order chi connectivity index (χ0) is 31.6. The summed E-state index contributed by atoms with van der Waals surface area (Å²) in [6, 6.07) is 60.1. The molecule has 0 saturated heterocycles. The first-order valence-electron chi connectivity index (χ1n) is 16.3. The molecule has 48 heavy (non-hydrogen) atoms. The molecule has 3 heterocycles. The van der Waals surface area contributed by atoms with Crippen molar-refractivity contribution >= 4 is 54.6 Å². The fraction of sp³-hybridized carbons (Fsp3) is 0. The van der Waals surface area contributed by atoms with Gasteiger partial charge in [0.15, 0.2) is 0 Å². The van der Waals surface area contributed by atoms with E-state index in [0.29, 0.717) is 0 Å². The molecule has 0 N–H and O–H groups in total. The summed E-state index contributed by atoms with van der Waals surface area (Å²) in [6.07, 6.45) is 0. The summed E-state index contributed by atoms with van der Waals surface area (Å²) >= 11 is 0. The van der Waals surface area contributed by atoms with Crippen LogP contribution in [0.5, 0.6) is 0 Å². The van der Waals surface area contributed by atoms with Crippen molar-refractivity contribution in [1.29, 1.82) is 0 Å². The van der Waals surface area contributed by atoms with Crippen molar-refractivity contribution in [3.63, 3.8) is 0 Å². The van der Waals surface area contributed by atoms with E-state index in [9.17, 15) is 0 Å². The van der Waals surface area contributed by atoms with Crippen molar-refractivity contribution < 1.29 is 0 Å². The van der Waals surface area contributed by atoms with E-state index < -0.39 is 0 Å². The Hall–Kier alpha value is -6.52. The molecule has 0 fully saturated rings. The van der Waals surface area contributed by atoms with Crippen LogP contribution < -0.4 is 0 Å². The highest BCUT2D eigenvalue weighted by Crippen LogP contribution is 2.40. The van der Waals surface area contributed by atoms with Crippen molar-refractivity contribution in [2.45, 2.75) is 0 Å². The van der Waals surface area contributed by atoms with E-state index in [4.69, 9.17) is 9.97 Å². The number of para-hydroxylation sites is 5. The lowest BCUT2D eigenvalue weighted by molar-refractivity contribution is 1.17. The molecule has 0 spiro atoms. The number of benzene rings is 7. The highest BCUT2D eigenvalue weighted by atomic mass is 15.0. The maximum absolute atomic E-state index is 5.13. The summed E-state index contributed by atoms with van der Waals surface area (Å²) in [5.74, 6) is 0. The Morgan fingerprint density at radius 3 is 1.27 bits per heavy atom. The van der Waals surface area contributed by atoms with Gasteiger partial charge in [0.2, 0.25) is 0 Å². The smallest absolute Gasteiger partial charge is 0.0973 e. The Bertz CT molecular complexity index is 2810. The van der Waals surface area contributed by atoms with Gasteiger partial charge in [-0.2, -0.15) is 0 Å². The minimum atomic E-state index is 0.879. The molecular weight excluding hydrogens is 585 g/mol. The SMILES string of the molecule is c1ccc(-c2nc3ccccc3nc2-c2ccc(-n3c4ccccc4c4cc5c(cc43)c3ccccc3n5-c3ccccc3)cc2)cc1. The minimum Gasteiger partial charge on any atom is -0.309 e. The second kappa shape index (κ2) is 10.5. The number of hydrogen-bond donors (Lipinski definition) is 0. The first-order chi connectivity index (χ1) is 23.8. The zero-order valence-electron chi connectivity index (χ0n) is 26.0. The molecule has 0 bridgehead atoms. The Kier molecular flexibility index (Phi) is 5.84. The highest BCUT2D eigenvalue weighted by molar-refractivity contribution is 6.19. The summed E-state index contributed by atoms with van der Waals surface area (Å²) in [7, 11) is 0. The molecular formula is C44H28N4. The topological polar surface area (TPSA) is 35.6 Å². The first-order valence-corrected chi connectivity index (χ1v) is 16.3. The molecule has 224 valence electrons. The summed E-state index contributed by atoms with van der Waals surface area (Å²) in [6.45, 7) is 0. The normalized spacial score (nSPS) is 11.8. The van der Waals surface area contributed by atoms with Crippen LogP contribution in [0.1, 0.15) is 0 Å². The van der Waals surface area contributed by atoms with Gasteiger partial charge in [-0.1, -0.05) is 109 Å². The molecule has 10 aromatic rings. The monoisotopic (exact) mass is 612 g/mol. The third kappa shape index (κ3) is 4.03. The molecule has 4 nitrogen and oxygen atoms in total. The molecule has 0 aliphatic rings. The van der Waals surface area contributed by atoms with Gasteiger partial charge in [-0.3, -0.25) is 0 Å². The molecule has 0 aliphatic heterocycles. The standard InChI is InChI=1S/C44H28N4/c1-3-13-29(14-4-1)43-44(46-38-20-10-9-19-37(38)45-43)30-23-25-32(26-24-30)48-40-22-12-8-18-34(40)36-27-41-35(28-42(36)48)33-17-7-11-21-39(33)47(41)31-15-5-2-6-16-31/h1-28H. The minimum absolute atomic E-state index is 0.879. The second-order valence-electron chi connectivity index (χ2n) is 12.2. The van der Waals surface area contributed by atoms with Crippen LogP contribution in [0, 0.1) is 0 Å². The van der Waals surface area contributed by atoms with Gasteiger partial charge in [0.25, 0.3) is 0 Å². The fourth-order valence-corrected chi connectivity index (χ4v) is 7.33. The lowest BCUT2D eigenvalue weighted by Crippen LogP contribution is -1.97. The Morgan fingerprint density at radius 2 is 0.729 bits per heavy atom. The molecule has 3 aromatic heterocycles. The number of fused-ring (bicyclic) bond motifs is 7. The predicted octanol–water partition coefficient (Wildman–Crippen LogP) is 11.2. The molecule has 0 amide bonds. The van der Waals surface area contributed by atoms with E-state index in [1.807, 2.05) is 30.3 Å². The van der Waals surface area contributed by atoms with E-state index in [1.165, 1.54) is 43.6 Å². The quantitative estimate of drug-likeness (QED) is 0.198. The molecule has 7 aromatic carbocycles. The third-order valence-electron chi connectivity index (χ3n) is 9.50. The van der Waals surface area contributed by atoms with Crippen LogP contribution in [-0.4, -0.2) is 19.1 Å². The van der Waals surface area contributed by atoms with Crippen molar-refractivity contribution in [1.82, 2.24) is 19.1 Å². The maximum Gasteiger partial charge on any atom is 0.0973 e. The van der Waals surface area contributed by atoms with Crippen LogP contribution >= 0.6 is 0 Å². The number of hydrogen-bond acceptors (Lipinski definition) is 2. The average molecular weight is 613 g/mol. The van der Waals surface area contributed by atoms with Gasteiger partial charge in [0, 0.05) is 44.0 Å². The van der Waals surface area contributed by atoms with Gasteiger partial charge in [0.05, 0.1) is 44.5 Å². The fourth-order valence-electron chi connectivity index (χ4n) is 7.33. The van der Waals surface area contributed by atoms with E-state index in [-0.39, 0.29) is 0 Å². The number of rotatable bonds is 4. The Morgan fingerprint density at radius 1 is 0.312 bits per heavy atom. The van der Waals surface area contributed by atoms with Crippen LogP contribution in [-0.2, 0) is 0 Å². The lowest BCUT2D eigenvalue weighted by atomic mass is 10.0. The van der Waals surface area contributed by atoms with Crippen LogP contribution in [0.4, 0.5) is 0 Å². The zero-order valence-corrected chi connectivity index (χ0v) is 26.0. The van der Waals surface area contributed by atoms with E-state index >= 15 is 0 Å². The van der Waals surface area contributed by atoms with Crippen LogP contribution in [0.15, 0.2) is 170 Å². The van der Waals surface area contributed by atoms with Gasteiger partial charge >= 0.3 is 0 Å². The molecule has 0 unspecified atom stereocenters. The van der Waals surface area contributed by atoms with Gasteiger partial charge in [-0.15, -0.1) is 0 Å². The van der Waals surface area contributed by atoms with E-state index in [2.05, 4.69) is 149 Å². The third-order valence-corrected chi connectivity index (χ3v) is 9.50. The largest absolute Gasteiger partial charge is 0.309 e. The van der Waals surface area contributed by atoms with Gasteiger partial charge in [-0.25, -0.2) is 9.97 Å². The van der Waals surface area contributed by atoms with Gasteiger partial charge in [0.1, 0.15) is 0 Å². The molecule has 0 aliphatic carbocycles. The summed E-state index contributed by atoms with van der Waals surface area (Å²) in [5, 5.41) is 4.94. The summed E-state index contributed by atoms with van der Waals surface area (Å²) in [5.41, 5.74) is 12.7. The second-order valence-corrected chi connectivity index (χ2v) is 12.2. The van der Waals surface area contributed by atoms with Gasteiger partial charge in [-0.05, 0) is 60.7 Å². The van der Waals surface area contributed by atoms with Crippen LogP contribution in [0.25, 0.3) is 88.5 Å². The van der Waals surface area contributed by atoms with E-state index in [1.54, 1.807) is 0 Å². The van der Waals surface area contributed by atoms with Crippen molar-refractivity contribution in [2.24, 2.45) is 0 Å². The molecule has 0 atom stereocenters. The van der Waals surface area contributed by atoms with E-state index in [0.717, 1.165) is 44.9 Å². The summed E-state index contributed by atoms with van der Waals surface area (Å²) < 4.78 is 4.78. The summed E-state index contributed by atoms with van der Waals surface area (Å²) in [4.78, 5) is 10.2. The molecule has 4 heteroatoms. The van der Waals surface area contributed by atoms with Crippen molar-refractivity contribution in [3.8, 4) is 33.9 Å². The Labute approximate surface area is 276 Å². The predicted molar refractivity (Wildman–Crippen MR) is 199 cm³/mol. The van der Waals surface area contributed by atoms with Crippen LogP contribution in [0.3, 0.4) is 0 Å². The Balaban J connectivity index is 1.20. The molecule has 0 radical (unpaired) electrons. The van der Waals surface area contributed by atoms with Crippen LogP contribution in [0.2, 0.25) is 0 Å².